The first-order valence-electron chi connectivity index (χ1n) is 11.0. The molecular formula is C24H23FN6O2S. The maximum Gasteiger partial charge on any atom is 0.283 e. The standard InChI is InChI=1S/C24H23FN6O2S/c1-14-11-16(15(2)30(14)18-7-5-17(25)6-8-18)12-19-22(26)31-24(27-23(19)33)34-20(28-31)13-21(32)29-9-3-4-10-29/h5-8,11-12,26H,3-4,9-10,13H2,1-2H3/b19-12+,26-22?. The monoisotopic (exact) mass is 478 g/mol. The lowest BCUT2D eigenvalue weighted by atomic mass is 10.1. The summed E-state index contributed by atoms with van der Waals surface area (Å²) < 4.78 is 15.3. The largest absolute Gasteiger partial charge is 0.342 e. The Labute approximate surface area is 200 Å². The van der Waals surface area contributed by atoms with E-state index in [-0.39, 0.29) is 29.6 Å². The molecule has 3 aliphatic rings. The van der Waals surface area contributed by atoms with Crippen molar-refractivity contribution in [3.05, 3.63) is 58.7 Å². The van der Waals surface area contributed by atoms with Gasteiger partial charge >= 0.3 is 0 Å². The second kappa shape index (κ2) is 8.68. The van der Waals surface area contributed by atoms with E-state index in [4.69, 9.17) is 5.41 Å². The molecule has 10 heteroatoms. The molecule has 1 aromatic heterocycles. The number of nitrogens with zero attached hydrogens (tertiary/aromatic N) is 5. The van der Waals surface area contributed by atoms with E-state index in [1.54, 1.807) is 18.2 Å². The van der Waals surface area contributed by atoms with Crippen LogP contribution >= 0.6 is 11.8 Å². The summed E-state index contributed by atoms with van der Waals surface area (Å²) in [5.41, 5.74) is 3.45. The van der Waals surface area contributed by atoms with Gasteiger partial charge in [0.25, 0.3) is 5.91 Å². The number of hydrogen-bond acceptors (Lipinski definition) is 5. The van der Waals surface area contributed by atoms with Gasteiger partial charge in [-0.1, -0.05) is 0 Å². The summed E-state index contributed by atoms with van der Waals surface area (Å²) in [6.45, 7) is 5.35. The van der Waals surface area contributed by atoms with Crippen molar-refractivity contribution in [3.8, 4) is 5.69 Å². The zero-order valence-corrected chi connectivity index (χ0v) is 19.7. The van der Waals surface area contributed by atoms with Crippen molar-refractivity contribution in [2.75, 3.05) is 13.1 Å². The van der Waals surface area contributed by atoms with Crippen LogP contribution in [0.4, 0.5) is 4.39 Å². The minimum atomic E-state index is -0.516. The highest BCUT2D eigenvalue weighted by atomic mass is 32.2. The Balaban J connectivity index is 1.41. The third-order valence-corrected chi connectivity index (χ3v) is 7.02. The van der Waals surface area contributed by atoms with Gasteiger partial charge in [0, 0.05) is 30.2 Å². The molecule has 0 atom stereocenters. The van der Waals surface area contributed by atoms with Gasteiger partial charge in [-0.05, 0) is 80.4 Å². The number of halogens is 1. The van der Waals surface area contributed by atoms with Crippen molar-refractivity contribution < 1.29 is 14.0 Å². The van der Waals surface area contributed by atoms with Crippen molar-refractivity contribution in [1.82, 2.24) is 14.5 Å². The molecule has 5 rings (SSSR count). The number of aromatic nitrogens is 1. The number of fused-ring (bicyclic) bond motifs is 1. The molecule has 8 nitrogen and oxygen atoms in total. The summed E-state index contributed by atoms with van der Waals surface area (Å²) >= 11 is 1.16. The van der Waals surface area contributed by atoms with Crippen LogP contribution in [0.15, 0.2) is 46.0 Å². The average Bonchev–Trinajstić information content (AvgIpc) is 3.52. The maximum atomic E-state index is 13.4. The van der Waals surface area contributed by atoms with Crippen molar-refractivity contribution in [1.29, 1.82) is 5.41 Å². The lowest BCUT2D eigenvalue weighted by Gasteiger charge is -2.20. The molecule has 0 spiro atoms. The van der Waals surface area contributed by atoms with Gasteiger partial charge in [-0.25, -0.2) is 4.39 Å². The van der Waals surface area contributed by atoms with Crippen LogP contribution in [-0.2, 0) is 9.59 Å². The van der Waals surface area contributed by atoms with E-state index < -0.39 is 5.91 Å². The summed E-state index contributed by atoms with van der Waals surface area (Å²) in [5, 5.41) is 15.2. The topological polar surface area (TPSA) is 94.1 Å². The van der Waals surface area contributed by atoms with Crippen molar-refractivity contribution in [3.63, 3.8) is 0 Å². The normalized spacial score (nSPS) is 19.1. The number of thioether (sulfide) groups is 1. The lowest BCUT2D eigenvalue weighted by molar-refractivity contribution is -0.128. The van der Waals surface area contributed by atoms with E-state index >= 15 is 0 Å². The van der Waals surface area contributed by atoms with Crippen molar-refractivity contribution >= 4 is 45.7 Å². The summed E-state index contributed by atoms with van der Waals surface area (Å²) in [4.78, 5) is 31.2. The molecule has 174 valence electrons. The molecular weight excluding hydrogens is 455 g/mol. The fraction of sp³-hybridized carbons (Fsp3) is 0.292. The Bertz CT molecular complexity index is 1300. The molecule has 1 saturated heterocycles. The minimum Gasteiger partial charge on any atom is -0.342 e. The van der Waals surface area contributed by atoms with E-state index in [9.17, 15) is 14.0 Å². The Morgan fingerprint density at radius 2 is 1.91 bits per heavy atom. The smallest absolute Gasteiger partial charge is 0.283 e. The Hall–Kier alpha value is -3.53. The predicted octanol–water partition coefficient (Wildman–Crippen LogP) is 3.86. The average molecular weight is 479 g/mol. The number of carbonyl (C=O) groups excluding carboxylic acids is 2. The number of amides is 2. The molecule has 2 aromatic rings. The molecule has 0 unspecified atom stereocenters. The number of hydrazone groups is 1. The van der Waals surface area contributed by atoms with Crippen LogP contribution in [-0.4, -0.2) is 55.4 Å². The summed E-state index contributed by atoms with van der Waals surface area (Å²) in [7, 11) is 0. The van der Waals surface area contributed by atoms with Crippen LogP contribution in [0.2, 0.25) is 0 Å². The molecule has 1 N–H and O–H groups in total. The second-order valence-corrected chi connectivity index (χ2v) is 9.46. The Kier molecular flexibility index (Phi) is 5.68. The number of carbonyl (C=O) groups is 2. The third kappa shape index (κ3) is 3.98. The van der Waals surface area contributed by atoms with Crippen LogP contribution in [0.5, 0.6) is 0 Å². The van der Waals surface area contributed by atoms with Gasteiger partial charge in [-0.15, -0.1) is 0 Å². The fourth-order valence-electron chi connectivity index (χ4n) is 4.39. The highest BCUT2D eigenvalue weighted by Gasteiger charge is 2.36. The molecule has 4 heterocycles. The first-order valence-corrected chi connectivity index (χ1v) is 11.9. The highest BCUT2D eigenvalue weighted by molar-refractivity contribution is 8.27. The highest BCUT2D eigenvalue weighted by Crippen LogP contribution is 2.31. The number of hydrogen-bond donors (Lipinski definition) is 1. The number of nitrogens with one attached hydrogen (secondary N) is 1. The summed E-state index contributed by atoms with van der Waals surface area (Å²) in [6, 6.07) is 8.10. The molecule has 2 amide bonds. The number of amidine groups is 2. The molecule has 1 fully saturated rings. The van der Waals surface area contributed by atoms with Crippen LogP contribution in [0.1, 0.15) is 36.2 Å². The lowest BCUT2D eigenvalue weighted by Crippen LogP contribution is -2.35. The van der Waals surface area contributed by atoms with Crippen LogP contribution in [0.3, 0.4) is 0 Å². The number of rotatable bonds is 4. The van der Waals surface area contributed by atoms with Gasteiger partial charge in [0.2, 0.25) is 11.1 Å². The van der Waals surface area contributed by atoms with Gasteiger partial charge < -0.3 is 9.47 Å². The number of likely N-dealkylation sites (tertiary alicyclic amines) is 1. The summed E-state index contributed by atoms with van der Waals surface area (Å²) in [5.74, 6) is -0.893. The van der Waals surface area contributed by atoms with Crippen molar-refractivity contribution in [2.45, 2.75) is 33.1 Å². The molecule has 3 aliphatic heterocycles. The zero-order valence-electron chi connectivity index (χ0n) is 18.8. The first kappa shape index (κ1) is 22.3. The number of benzene rings is 1. The first-order chi connectivity index (χ1) is 16.3. The van der Waals surface area contributed by atoms with Gasteiger partial charge in [0.1, 0.15) is 10.9 Å². The van der Waals surface area contributed by atoms with E-state index in [0.29, 0.717) is 10.2 Å². The van der Waals surface area contributed by atoms with Gasteiger partial charge in [0.05, 0.1) is 12.0 Å². The van der Waals surface area contributed by atoms with Gasteiger partial charge in [0.15, 0.2) is 5.84 Å². The Morgan fingerprint density at radius 1 is 1.21 bits per heavy atom. The molecule has 34 heavy (non-hydrogen) atoms. The molecule has 1 aromatic carbocycles. The maximum absolute atomic E-state index is 13.4. The van der Waals surface area contributed by atoms with Crippen LogP contribution < -0.4 is 0 Å². The number of aryl methyl sites for hydroxylation is 1. The minimum absolute atomic E-state index is 0.00560. The van der Waals surface area contributed by atoms with Gasteiger partial charge in [-0.2, -0.15) is 15.1 Å². The third-order valence-electron chi connectivity index (χ3n) is 6.11. The fourth-order valence-corrected chi connectivity index (χ4v) is 5.26. The SMILES string of the molecule is Cc1cc(/C=C2\C(=N)N3N=C(CC(=O)N4CCCC4)SC3=NC2=O)c(C)n1-c1ccc(F)cc1. The van der Waals surface area contributed by atoms with Crippen LogP contribution in [0, 0.1) is 25.1 Å². The van der Waals surface area contributed by atoms with Gasteiger partial charge in [-0.3, -0.25) is 15.0 Å². The van der Waals surface area contributed by atoms with E-state index in [1.165, 1.54) is 17.1 Å². The van der Waals surface area contributed by atoms with Crippen LogP contribution in [0.25, 0.3) is 11.8 Å². The van der Waals surface area contributed by atoms with E-state index in [1.807, 2.05) is 29.4 Å². The molecule has 0 aliphatic carbocycles. The second-order valence-electron chi connectivity index (χ2n) is 8.42. The number of aliphatic imine (C=N–C) groups is 1. The zero-order chi connectivity index (χ0) is 24.0. The van der Waals surface area contributed by atoms with E-state index in [2.05, 4.69) is 10.1 Å². The quantitative estimate of drug-likeness (QED) is 0.675. The Morgan fingerprint density at radius 3 is 2.62 bits per heavy atom. The molecule has 0 bridgehead atoms. The molecule has 0 saturated carbocycles. The van der Waals surface area contributed by atoms with E-state index in [0.717, 1.165) is 60.3 Å². The molecule has 0 radical (unpaired) electrons. The predicted molar refractivity (Wildman–Crippen MR) is 131 cm³/mol. The summed E-state index contributed by atoms with van der Waals surface area (Å²) in [6.07, 6.45) is 3.80. The van der Waals surface area contributed by atoms with Crippen molar-refractivity contribution in [2.24, 2.45) is 10.1 Å².